The first-order valence-corrected chi connectivity index (χ1v) is 8.48. The molecule has 0 aliphatic heterocycles. The first-order chi connectivity index (χ1) is 11.6. The van der Waals surface area contributed by atoms with Crippen molar-refractivity contribution in [1.29, 1.82) is 0 Å². The van der Waals surface area contributed by atoms with Gasteiger partial charge in [-0.1, -0.05) is 41.0 Å². The second kappa shape index (κ2) is 7.71. The van der Waals surface area contributed by atoms with E-state index in [2.05, 4.69) is 15.5 Å². The number of nitrogen functional groups attached to an aromatic ring is 1. The van der Waals surface area contributed by atoms with Gasteiger partial charge in [0.15, 0.2) is 0 Å². The van der Waals surface area contributed by atoms with Crippen LogP contribution in [0.15, 0.2) is 23.4 Å². The third-order valence-electron chi connectivity index (χ3n) is 3.06. The standard InChI is InChI=1S/C13H12Cl2F3N5OS/c1-6(8-3-2-7(14)4-9(8)15)20-10(24)5-25-12-22-21-11(23(12)19)13(16,17)18/h2-4,6H,5,19H2,1H3,(H,20,24). The number of nitrogens with one attached hydrogen (secondary N) is 1. The maximum atomic E-state index is 12.6. The van der Waals surface area contributed by atoms with Gasteiger partial charge in [-0.25, -0.2) is 4.68 Å². The number of aromatic nitrogens is 3. The van der Waals surface area contributed by atoms with Gasteiger partial charge in [0.2, 0.25) is 11.1 Å². The fourth-order valence-electron chi connectivity index (χ4n) is 1.91. The maximum absolute atomic E-state index is 12.6. The lowest BCUT2D eigenvalue weighted by Crippen LogP contribution is -2.28. The summed E-state index contributed by atoms with van der Waals surface area (Å²) in [6, 6.07) is 4.44. The number of hydrogen-bond donors (Lipinski definition) is 2. The molecule has 0 bridgehead atoms. The molecule has 0 aliphatic rings. The van der Waals surface area contributed by atoms with Crippen LogP contribution in [0.1, 0.15) is 24.4 Å². The summed E-state index contributed by atoms with van der Waals surface area (Å²) in [6.45, 7) is 1.71. The monoisotopic (exact) mass is 413 g/mol. The van der Waals surface area contributed by atoms with E-state index < -0.39 is 23.9 Å². The molecular formula is C13H12Cl2F3N5OS. The topological polar surface area (TPSA) is 85.8 Å². The van der Waals surface area contributed by atoms with Crippen LogP contribution in [-0.4, -0.2) is 26.5 Å². The first kappa shape index (κ1) is 19.7. The van der Waals surface area contributed by atoms with Crippen molar-refractivity contribution in [2.45, 2.75) is 24.3 Å². The Balaban J connectivity index is 1.96. The zero-order chi connectivity index (χ0) is 18.8. The highest BCUT2D eigenvalue weighted by atomic mass is 35.5. The molecule has 2 aromatic rings. The molecule has 0 fully saturated rings. The molecule has 1 atom stereocenters. The van der Waals surface area contributed by atoms with E-state index in [1.54, 1.807) is 25.1 Å². The molecular weight excluding hydrogens is 402 g/mol. The number of nitrogens with zero attached hydrogens (tertiary/aromatic N) is 3. The number of carbonyl (C=O) groups is 1. The second-order valence-corrected chi connectivity index (χ2v) is 6.70. The highest BCUT2D eigenvalue weighted by molar-refractivity contribution is 7.99. The summed E-state index contributed by atoms with van der Waals surface area (Å²) in [6.07, 6.45) is -4.72. The first-order valence-electron chi connectivity index (χ1n) is 6.74. The van der Waals surface area contributed by atoms with Gasteiger partial charge in [-0.15, -0.1) is 10.2 Å². The Morgan fingerprint density at radius 1 is 1.40 bits per heavy atom. The molecule has 1 aromatic carbocycles. The maximum Gasteiger partial charge on any atom is 0.453 e. The van der Waals surface area contributed by atoms with Gasteiger partial charge in [0, 0.05) is 10.0 Å². The number of amides is 1. The Hall–Kier alpha value is -1.65. The fraction of sp³-hybridized carbons (Fsp3) is 0.308. The summed E-state index contributed by atoms with van der Waals surface area (Å²) < 4.78 is 38.0. The fourth-order valence-corrected chi connectivity index (χ4v) is 3.15. The van der Waals surface area contributed by atoms with Crippen molar-refractivity contribution in [1.82, 2.24) is 20.2 Å². The summed E-state index contributed by atoms with van der Waals surface area (Å²) in [5.74, 6) is 3.33. The van der Waals surface area contributed by atoms with E-state index >= 15 is 0 Å². The van der Waals surface area contributed by atoms with E-state index in [0.29, 0.717) is 20.3 Å². The zero-order valence-electron chi connectivity index (χ0n) is 12.6. The van der Waals surface area contributed by atoms with E-state index in [-0.39, 0.29) is 10.9 Å². The van der Waals surface area contributed by atoms with Crippen LogP contribution < -0.4 is 11.2 Å². The van der Waals surface area contributed by atoms with Crippen LogP contribution in [0.5, 0.6) is 0 Å². The number of alkyl halides is 3. The Morgan fingerprint density at radius 2 is 2.08 bits per heavy atom. The molecule has 136 valence electrons. The number of thioether (sulfide) groups is 1. The number of halogens is 5. The van der Waals surface area contributed by atoms with Gasteiger partial charge in [0.25, 0.3) is 5.82 Å². The average Bonchev–Trinajstić information content (AvgIpc) is 2.86. The number of hydrogen-bond acceptors (Lipinski definition) is 5. The van der Waals surface area contributed by atoms with Crippen molar-refractivity contribution in [3.63, 3.8) is 0 Å². The Morgan fingerprint density at radius 3 is 2.64 bits per heavy atom. The van der Waals surface area contributed by atoms with E-state index in [1.807, 2.05) is 0 Å². The number of carbonyl (C=O) groups excluding carboxylic acids is 1. The second-order valence-electron chi connectivity index (χ2n) is 4.92. The van der Waals surface area contributed by atoms with Crippen LogP contribution in [0, 0.1) is 0 Å². The summed E-state index contributed by atoms with van der Waals surface area (Å²) >= 11 is 12.6. The minimum atomic E-state index is -4.72. The summed E-state index contributed by atoms with van der Waals surface area (Å²) in [7, 11) is 0. The predicted octanol–water partition coefficient (Wildman–Crippen LogP) is 3.29. The highest BCUT2D eigenvalue weighted by Crippen LogP contribution is 2.29. The molecule has 2 rings (SSSR count). The molecule has 3 N–H and O–H groups in total. The molecule has 1 aromatic heterocycles. The van der Waals surface area contributed by atoms with Crippen LogP contribution in [-0.2, 0) is 11.0 Å². The number of rotatable bonds is 5. The minimum absolute atomic E-state index is 0.192. The lowest BCUT2D eigenvalue weighted by atomic mass is 10.1. The van der Waals surface area contributed by atoms with Crippen LogP contribution in [0.4, 0.5) is 13.2 Å². The Labute approximate surface area is 154 Å². The number of nitrogens with two attached hydrogens (primary N) is 1. The van der Waals surface area contributed by atoms with E-state index in [4.69, 9.17) is 29.0 Å². The molecule has 6 nitrogen and oxygen atoms in total. The van der Waals surface area contributed by atoms with Crippen molar-refractivity contribution >= 4 is 40.9 Å². The normalized spacial score (nSPS) is 12.9. The van der Waals surface area contributed by atoms with Gasteiger partial charge in [-0.2, -0.15) is 13.2 Å². The Bertz CT molecular complexity index is 784. The van der Waals surface area contributed by atoms with Crippen LogP contribution in [0.2, 0.25) is 10.0 Å². The molecule has 0 radical (unpaired) electrons. The SMILES string of the molecule is CC(NC(=O)CSc1nnc(C(F)(F)F)n1N)c1ccc(Cl)cc1Cl. The summed E-state index contributed by atoms with van der Waals surface area (Å²) in [5.41, 5.74) is 0.658. The average molecular weight is 414 g/mol. The van der Waals surface area contributed by atoms with Gasteiger partial charge < -0.3 is 11.2 Å². The van der Waals surface area contributed by atoms with Crippen molar-refractivity contribution in [3.05, 3.63) is 39.6 Å². The van der Waals surface area contributed by atoms with E-state index in [9.17, 15) is 18.0 Å². The quantitative estimate of drug-likeness (QED) is 0.580. The third kappa shape index (κ3) is 4.93. The highest BCUT2D eigenvalue weighted by Gasteiger charge is 2.38. The van der Waals surface area contributed by atoms with E-state index in [0.717, 1.165) is 11.8 Å². The van der Waals surface area contributed by atoms with Gasteiger partial charge in [-0.3, -0.25) is 4.79 Å². The van der Waals surface area contributed by atoms with Crippen LogP contribution in [0.25, 0.3) is 0 Å². The van der Waals surface area contributed by atoms with Gasteiger partial charge in [0.1, 0.15) is 0 Å². The molecule has 25 heavy (non-hydrogen) atoms. The third-order valence-corrected chi connectivity index (χ3v) is 4.56. The summed E-state index contributed by atoms with van der Waals surface area (Å²) in [5, 5.41) is 9.61. The molecule has 1 amide bonds. The zero-order valence-corrected chi connectivity index (χ0v) is 15.0. The van der Waals surface area contributed by atoms with E-state index in [1.165, 1.54) is 0 Å². The molecule has 0 aliphatic carbocycles. The van der Waals surface area contributed by atoms with Crippen molar-refractivity contribution in [2.24, 2.45) is 0 Å². The lowest BCUT2D eigenvalue weighted by molar-refractivity contribution is -0.146. The van der Waals surface area contributed by atoms with Crippen LogP contribution >= 0.6 is 35.0 Å². The van der Waals surface area contributed by atoms with Gasteiger partial charge >= 0.3 is 6.18 Å². The molecule has 0 spiro atoms. The molecule has 0 saturated carbocycles. The van der Waals surface area contributed by atoms with Gasteiger partial charge in [0.05, 0.1) is 11.8 Å². The van der Waals surface area contributed by atoms with Crippen molar-refractivity contribution < 1.29 is 18.0 Å². The molecule has 12 heteroatoms. The largest absolute Gasteiger partial charge is 0.453 e. The van der Waals surface area contributed by atoms with Crippen molar-refractivity contribution in [3.8, 4) is 0 Å². The lowest BCUT2D eigenvalue weighted by Gasteiger charge is -2.15. The molecule has 1 unspecified atom stereocenters. The molecule has 0 saturated heterocycles. The van der Waals surface area contributed by atoms with Crippen molar-refractivity contribution in [2.75, 3.05) is 11.6 Å². The summed E-state index contributed by atoms with van der Waals surface area (Å²) in [4.78, 5) is 12.0. The van der Waals surface area contributed by atoms with Gasteiger partial charge in [-0.05, 0) is 24.6 Å². The minimum Gasteiger partial charge on any atom is -0.349 e. The van der Waals surface area contributed by atoms with Crippen LogP contribution in [0.3, 0.4) is 0 Å². The predicted molar refractivity (Wildman–Crippen MR) is 88.9 cm³/mol. The molecule has 1 heterocycles. The Kier molecular flexibility index (Phi) is 6.07. The number of benzene rings is 1. The smallest absolute Gasteiger partial charge is 0.349 e.